The van der Waals surface area contributed by atoms with Crippen LogP contribution in [0.3, 0.4) is 0 Å². The van der Waals surface area contributed by atoms with E-state index in [-0.39, 0.29) is 18.3 Å². The summed E-state index contributed by atoms with van der Waals surface area (Å²) in [4.78, 5) is 24.4. The molecular formula is C33H37NO4. The molecule has 4 rings (SSSR count). The van der Waals surface area contributed by atoms with Gasteiger partial charge < -0.3 is 14.4 Å². The van der Waals surface area contributed by atoms with Gasteiger partial charge in [0.1, 0.15) is 11.9 Å². The van der Waals surface area contributed by atoms with Crippen LogP contribution in [0.5, 0.6) is 5.75 Å². The number of unbranched alkanes of at least 4 members (excludes halogenated alkanes) is 1. The molecule has 198 valence electrons. The van der Waals surface area contributed by atoms with Crippen LogP contribution in [0.25, 0.3) is 10.9 Å². The minimum Gasteiger partial charge on any atom is -0.486 e. The highest BCUT2D eigenvalue weighted by Gasteiger charge is 2.18. The van der Waals surface area contributed by atoms with Gasteiger partial charge in [-0.3, -0.25) is 9.59 Å². The summed E-state index contributed by atoms with van der Waals surface area (Å²) in [5.41, 5.74) is 4.63. The number of aryl methyl sites for hydroxylation is 1. The molecule has 1 unspecified atom stereocenters. The fourth-order valence-corrected chi connectivity index (χ4v) is 4.80. The number of hydrogen-bond donors (Lipinski definition) is 1. The number of carboxylic acid groups (broad SMARTS) is 1. The lowest BCUT2D eigenvalue weighted by Gasteiger charge is -2.20. The fourth-order valence-electron chi connectivity index (χ4n) is 4.80. The molecule has 0 saturated heterocycles. The topological polar surface area (TPSA) is 68.5 Å². The van der Waals surface area contributed by atoms with Crippen LogP contribution < -0.4 is 4.74 Å². The molecule has 1 aromatic heterocycles. The normalized spacial score (nSPS) is 12.1. The lowest BCUT2D eigenvalue weighted by Crippen LogP contribution is -2.08. The number of carboxylic acids is 1. The molecule has 3 aromatic carbocycles. The summed E-state index contributed by atoms with van der Waals surface area (Å²) in [6.45, 7) is 7.12. The minimum atomic E-state index is -0.815. The van der Waals surface area contributed by atoms with Crippen molar-refractivity contribution in [3.05, 3.63) is 101 Å². The largest absolute Gasteiger partial charge is 0.486 e. The Kier molecular flexibility index (Phi) is 9.01. The Morgan fingerprint density at radius 2 is 1.58 bits per heavy atom. The van der Waals surface area contributed by atoms with E-state index in [9.17, 15) is 9.59 Å². The molecule has 1 atom stereocenters. The number of benzene rings is 3. The highest BCUT2D eigenvalue weighted by atomic mass is 16.5. The summed E-state index contributed by atoms with van der Waals surface area (Å²) in [7, 11) is 0. The molecule has 0 amide bonds. The van der Waals surface area contributed by atoms with Gasteiger partial charge in [0.15, 0.2) is 5.78 Å². The van der Waals surface area contributed by atoms with Gasteiger partial charge in [-0.15, -0.1) is 0 Å². The van der Waals surface area contributed by atoms with Gasteiger partial charge in [0, 0.05) is 41.2 Å². The molecule has 1 N–H and O–H groups in total. The Morgan fingerprint density at radius 1 is 0.895 bits per heavy atom. The fraction of sp³-hybridized carbons (Fsp3) is 0.333. The van der Waals surface area contributed by atoms with Crippen LogP contribution in [0, 0.1) is 0 Å². The number of rotatable bonds is 13. The molecule has 0 fully saturated rings. The van der Waals surface area contributed by atoms with Gasteiger partial charge in [-0.05, 0) is 66.6 Å². The van der Waals surface area contributed by atoms with Crippen molar-refractivity contribution in [2.24, 2.45) is 0 Å². The summed E-state index contributed by atoms with van der Waals surface area (Å²) in [6.07, 6.45) is 5.51. The van der Waals surface area contributed by atoms with Crippen LogP contribution in [-0.2, 0) is 11.3 Å². The molecule has 4 aromatic rings. The van der Waals surface area contributed by atoms with E-state index in [1.807, 2.05) is 59.3 Å². The monoisotopic (exact) mass is 511 g/mol. The maximum atomic E-state index is 13.5. The second-order valence-electron chi connectivity index (χ2n) is 10.2. The Morgan fingerprint density at radius 3 is 2.24 bits per heavy atom. The molecule has 38 heavy (non-hydrogen) atoms. The summed E-state index contributed by atoms with van der Waals surface area (Å²) < 4.78 is 8.40. The van der Waals surface area contributed by atoms with Gasteiger partial charge in [-0.2, -0.15) is 0 Å². The van der Waals surface area contributed by atoms with E-state index in [4.69, 9.17) is 9.84 Å². The second-order valence-corrected chi connectivity index (χ2v) is 10.2. The summed E-state index contributed by atoms with van der Waals surface area (Å²) in [5, 5.41) is 9.86. The molecule has 0 aliphatic carbocycles. The van der Waals surface area contributed by atoms with Crippen LogP contribution in [-0.4, -0.2) is 21.4 Å². The molecule has 0 aliphatic heterocycles. The number of ketones is 1. The number of nitrogens with zero attached hydrogens (tertiary/aromatic N) is 1. The maximum Gasteiger partial charge on any atom is 0.303 e. The zero-order valence-corrected chi connectivity index (χ0v) is 22.5. The number of aliphatic carboxylic acids is 1. The molecule has 0 saturated carbocycles. The molecule has 0 spiro atoms. The summed E-state index contributed by atoms with van der Waals surface area (Å²) in [5.74, 6) is 0.357. The number of carbonyl (C=O) groups excluding carboxylic acids is 1. The van der Waals surface area contributed by atoms with Crippen LogP contribution in [0.4, 0.5) is 0 Å². The first-order chi connectivity index (χ1) is 18.4. The average molecular weight is 512 g/mol. The third kappa shape index (κ3) is 6.52. The molecule has 5 nitrogen and oxygen atoms in total. The summed E-state index contributed by atoms with van der Waals surface area (Å²) >= 11 is 0. The quantitative estimate of drug-likeness (QED) is 0.184. The molecule has 5 heteroatoms. The van der Waals surface area contributed by atoms with Gasteiger partial charge >= 0.3 is 5.97 Å². The van der Waals surface area contributed by atoms with E-state index in [1.54, 1.807) is 0 Å². The number of carbonyl (C=O) groups is 2. The third-order valence-corrected chi connectivity index (χ3v) is 7.01. The lowest BCUT2D eigenvalue weighted by molar-refractivity contribution is -0.137. The zero-order valence-electron chi connectivity index (χ0n) is 22.5. The van der Waals surface area contributed by atoms with Gasteiger partial charge in [-0.1, -0.05) is 69.7 Å². The van der Waals surface area contributed by atoms with Crippen molar-refractivity contribution >= 4 is 22.7 Å². The second kappa shape index (κ2) is 12.6. The zero-order chi connectivity index (χ0) is 27.1. The van der Waals surface area contributed by atoms with Crippen LogP contribution in [0.2, 0.25) is 0 Å². The van der Waals surface area contributed by atoms with Gasteiger partial charge in [0.25, 0.3) is 0 Å². The van der Waals surface area contributed by atoms with Gasteiger partial charge in [-0.25, -0.2) is 0 Å². The predicted molar refractivity (Wildman–Crippen MR) is 152 cm³/mol. The van der Waals surface area contributed by atoms with Crippen molar-refractivity contribution in [1.29, 1.82) is 0 Å². The van der Waals surface area contributed by atoms with Gasteiger partial charge in [0.2, 0.25) is 0 Å². The number of fused-ring (bicyclic) bond motifs is 1. The third-order valence-electron chi connectivity index (χ3n) is 7.01. The number of hydrogen-bond acceptors (Lipinski definition) is 3. The van der Waals surface area contributed by atoms with Crippen molar-refractivity contribution in [2.45, 2.75) is 71.4 Å². The highest BCUT2D eigenvalue weighted by molar-refractivity contribution is 6.16. The maximum absolute atomic E-state index is 13.5. The van der Waals surface area contributed by atoms with E-state index >= 15 is 0 Å². The average Bonchev–Trinajstić information content (AvgIpc) is 3.29. The summed E-state index contributed by atoms with van der Waals surface area (Å²) in [6, 6.07) is 23.9. The van der Waals surface area contributed by atoms with E-state index in [2.05, 4.69) is 45.0 Å². The van der Waals surface area contributed by atoms with Crippen LogP contribution in [0.15, 0.2) is 79.0 Å². The molecule has 0 aliphatic rings. The van der Waals surface area contributed by atoms with E-state index in [1.165, 1.54) is 11.1 Å². The van der Waals surface area contributed by atoms with E-state index in [0.29, 0.717) is 30.0 Å². The Balaban J connectivity index is 1.52. The van der Waals surface area contributed by atoms with E-state index in [0.717, 1.165) is 35.9 Å². The Hall–Kier alpha value is -3.86. The minimum absolute atomic E-state index is 0.0403. The standard InChI is InChI=1S/C33H37NO4/c1-4-5-11-31(25-15-13-24(14-16-25)23(2)3)38-27-19-17-26(18-20-27)33(37)29-22-34(21-8-12-32(35)36)30-10-7-6-9-28(29)30/h6-7,9-10,13-20,22-23,31H,4-5,8,11-12,21H2,1-3H3,(H,35,36). The first-order valence-corrected chi connectivity index (χ1v) is 13.6. The van der Waals surface area contributed by atoms with Crippen molar-refractivity contribution in [2.75, 3.05) is 0 Å². The molecular weight excluding hydrogens is 474 g/mol. The highest BCUT2D eigenvalue weighted by Crippen LogP contribution is 2.29. The van der Waals surface area contributed by atoms with Crippen molar-refractivity contribution in [3.8, 4) is 5.75 Å². The first kappa shape index (κ1) is 27.2. The smallest absolute Gasteiger partial charge is 0.303 e. The molecule has 1 heterocycles. The predicted octanol–water partition coefficient (Wildman–Crippen LogP) is 8.17. The number of aromatic nitrogens is 1. The SMILES string of the molecule is CCCCC(Oc1ccc(C(=O)c2cn(CCCC(=O)O)c3ccccc23)cc1)c1ccc(C(C)C)cc1. The Bertz CT molecular complexity index is 1370. The van der Waals surface area contributed by atoms with Crippen molar-refractivity contribution in [3.63, 3.8) is 0 Å². The van der Waals surface area contributed by atoms with E-state index < -0.39 is 5.97 Å². The van der Waals surface area contributed by atoms with Crippen LogP contribution >= 0.6 is 0 Å². The lowest BCUT2D eigenvalue weighted by atomic mass is 9.98. The number of para-hydroxylation sites is 1. The van der Waals surface area contributed by atoms with Gasteiger partial charge in [0.05, 0.1) is 0 Å². The van der Waals surface area contributed by atoms with Crippen molar-refractivity contribution < 1.29 is 19.4 Å². The molecule has 0 bridgehead atoms. The molecule has 0 radical (unpaired) electrons. The van der Waals surface area contributed by atoms with Crippen molar-refractivity contribution in [1.82, 2.24) is 4.57 Å². The Labute approximate surface area is 225 Å². The number of ether oxygens (including phenoxy) is 1. The van der Waals surface area contributed by atoms with Crippen LogP contribution in [0.1, 0.15) is 91.9 Å². The first-order valence-electron chi connectivity index (χ1n) is 13.6.